The SMILES string of the molecule is CCN(CC)S(=O)(=O)c1cccc(C(=O)NCCOc2ccccc2)c1. The first kappa shape index (κ1) is 19.9. The van der Waals surface area contributed by atoms with Crippen LogP contribution >= 0.6 is 0 Å². The molecule has 0 fully saturated rings. The van der Waals surface area contributed by atoms with Crippen LogP contribution in [0.4, 0.5) is 0 Å². The zero-order valence-corrected chi connectivity index (χ0v) is 15.8. The Morgan fingerprint density at radius 2 is 1.73 bits per heavy atom. The average molecular weight is 376 g/mol. The quantitative estimate of drug-likeness (QED) is 0.683. The Hall–Kier alpha value is -2.38. The van der Waals surface area contributed by atoms with Crippen molar-refractivity contribution in [2.75, 3.05) is 26.2 Å². The fourth-order valence-electron chi connectivity index (χ4n) is 2.46. The van der Waals surface area contributed by atoms with Gasteiger partial charge in [-0.1, -0.05) is 38.1 Å². The van der Waals surface area contributed by atoms with E-state index in [0.29, 0.717) is 31.8 Å². The van der Waals surface area contributed by atoms with Crippen LogP contribution in [0.25, 0.3) is 0 Å². The average Bonchev–Trinajstić information content (AvgIpc) is 2.67. The number of nitrogens with zero attached hydrogens (tertiary/aromatic N) is 1. The van der Waals surface area contributed by atoms with Crippen molar-refractivity contribution in [2.24, 2.45) is 0 Å². The van der Waals surface area contributed by atoms with E-state index in [9.17, 15) is 13.2 Å². The lowest BCUT2D eigenvalue weighted by Gasteiger charge is -2.18. The zero-order valence-electron chi connectivity index (χ0n) is 15.0. The number of hydrogen-bond acceptors (Lipinski definition) is 4. The van der Waals surface area contributed by atoms with Crippen LogP contribution in [0.3, 0.4) is 0 Å². The molecule has 7 heteroatoms. The van der Waals surface area contributed by atoms with E-state index in [0.717, 1.165) is 5.75 Å². The van der Waals surface area contributed by atoms with Crippen molar-refractivity contribution in [1.29, 1.82) is 0 Å². The molecule has 0 aromatic heterocycles. The molecule has 0 spiro atoms. The van der Waals surface area contributed by atoms with Gasteiger partial charge in [-0.05, 0) is 30.3 Å². The number of carbonyl (C=O) groups is 1. The molecular formula is C19H24N2O4S. The van der Waals surface area contributed by atoms with E-state index < -0.39 is 10.0 Å². The van der Waals surface area contributed by atoms with Gasteiger partial charge in [0.2, 0.25) is 10.0 Å². The van der Waals surface area contributed by atoms with E-state index in [2.05, 4.69) is 5.32 Å². The summed E-state index contributed by atoms with van der Waals surface area (Å²) in [6, 6.07) is 15.4. The van der Waals surface area contributed by atoms with Crippen LogP contribution in [0.2, 0.25) is 0 Å². The van der Waals surface area contributed by atoms with Gasteiger partial charge in [0.1, 0.15) is 12.4 Å². The second-order valence-electron chi connectivity index (χ2n) is 5.53. The third-order valence-electron chi connectivity index (χ3n) is 3.84. The molecule has 1 amide bonds. The molecule has 6 nitrogen and oxygen atoms in total. The zero-order chi connectivity index (χ0) is 19.0. The summed E-state index contributed by atoms with van der Waals surface area (Å²) in [5.74, 6) is 0.396. The van der Waals surface area contributed by atoms with Gasteiger partial charge in [-0.15, -0.1) is 0 Å². The molecule has 2 rings (SSSR count). The predicted molar refractivity (Wildman–Crippen MR) is 101 cm³/mol. The van der Waals surface area contributed by atoms with Crippen LogP contribution in [0.15, 0.2) is 59.5 Å². The van der Waals surface area contributed by atoms with Gasteiger partial charge >= 0.3 is 0 Å². The molecule has 0 bridgehead atoms. The smallest absolute Gasteiger partial charge is 0.251 e. The summed E-state index contributed by atoms with van der Waals surface area (Å²) in [5.41, 5.74) is 0.304. The van der Waals surface area contributed by atoms with Gasteiger partial charge in [0.05, 0.1) is 11.4 Å². The number of carbonyl (C=O) groups excluding carboxylic acids is 1. The molecule has 0 saturated heterocycles. The molecule has 0 unspecified atom stereocenters. The van der Waals surface area contributed by atoms with E-state index in [-0.39, 0.29) is 10.8 Å². The molecule has 0 atom stereocenters. The molecule has 140 valence electrons. The second-order valence-corrected chi connectivity index (χ2v) is 7.47. The molecular weight excluding hydrogens is 352 g/mol. The monoisotopic (exact) mass is 376 g/mol. The fourth-order valence-corrected chi connectivity index (χ4v) is 3.97. The molecule has 0 saturated carbocycles. The number of para-hydroxylation sites is 1. The van der Waals surface area contributed by atoms with E-state index in [4.69, 9.17) is 4.74 Å². The van der Waals surface area contributed by atoms with E-state index in [1.807, 2.05) is 30.3 Å². The molecule has 2 aromatic rings. The van der Waals surface area contributed by atoms with Crippen molar-refractivity contribution in [2.45, 2.75) is 18.7 Å². The maximum absolute atomic E-state index is 12.6. The topological polar surface area (TPSA) is 75.7 Å². The van der Waals surface area contributed by atoms with Gasteiger partial charge in [0.25, 0.3) is 5.91 Å². The maximum Gasteiger partial charge on any atom is 0.251 e. The lowest BCUT2D eigenvalue weighted by atomic mass is 10.2. The van der Waals surface area contributed by atoms with Gasteiger partial charge in [-0.2, -0.15) is 4.31 Å². The lowest BCUT2D eigenvalue weighted by molar-refractivity contribution is 0.0947. The first-order valence-corrected chi connectivity index (χ1v) is 9.99. The number of sulfonamides is 1. The summed E-state index contributed by atoms with van der Waals surface area (Å²) in [4.78, 5) is 12.4. The van der Waals surface area contributed by atoms with Crippen molar-refractivity contribution in [3.05, 3.63) is 60.2 Å². The summed E-state index contributed by atoms with van der Waals surface area (Å²) in [7, 11) is -3.59. The van der Waals surface area contributed by atoms with Crippen LogP contribution < -0.4 is 10.1 Å². The van der Waals surface area contributed by atoms with Crippen molar-refractivity contribution in [1.82, 2.24) is 9.62 Å². The van der Waals surface area contributed by atoms with Gasteiger partial charge < -0.3 is 10.1 Å². The summed E-state index contributed by atoms with van der Waals surface area (Å²) in [6.07, 6.45) is 0. The number of rotatable bonds is 9. The highest BCUT2D eigenvalue weighted by molar-refractivity contribution is 7.89. The minimum absolute atomic E-state index is 0.120. The van der Waals surface area contributed by atoms with E-state index in [1.54, 1.807) is 26.0 Å². The Morgan fingerprint density at radius 3 is 2.38 bits per heavy atom. The van der Waals surface area contributed by atoms with Crippen molar-refractivity contribution in [3.63, 3.8) is 0 Å². The molecule has 0 aliphatic carbocycles. The normalized spacial score (nSPS) is 11.3. The lowest BCUT2D eigenvalue weighted by Crippen LogP contribution is -2.31. The standard InChI is InChI=1S/C19H24N2O4S/c1-3-21(4-2)26(23,24)18-12-8-9-16(15-18)19(22)20-13-14-25-17-10-6-5-7-11-17/h5-12,15H,3-4,13-14H2,1-2H3,(H,20,22). The Balaban J connectivity index is 1.97. The largest absolute Gasteiger partial charge is 0.492 e. The highest BCUT2D eigenvalue weighted by atomic mass is 32.2. The summed E-state index contributed by atoms with van der Waals surface area (Å²) >= 11 is 0. The summed E-state index contributed by atoms with van der Waals surface area (Å²) in [5, 5.41) is 2.73. The Labute approximate surface area is 154 Å². The van der Waals surface area contributed by atoms with Crippen molar-refractivity contribution < 1.29 is 17.9 Å². The van der Waals surface area contributed by atoms with Gasteiger partial charge in [0, 0.05) is 18.7 Å². The number of amides is 1. The van der Waals surface area contributed by atoms with E-state index in [1.165, 1.54) is 16.4 Å². The summed E-state index contributed by atoms with van der Waals surface area (Å²) < 4.78 is 32.0. The second kappa shape index (κ2) is 9.35. The first-order valence-electron chi connectivity index (χ1n) is 8.55. The molecule has 0 radical (unpaired) electrons. The minimum Gasteiger partial charge on any atom is -0.492 e. The maximum atomic E-state index is 12.6. The molecule has 2 aromatic carbocycles. The number of nitrogens with one attached hydrogen (secondary N) is 1. The van der Waals surface area contributed by atoms with Gasteiger partial charge in [0.15, 0.2) is 0 Å². The molecule has 1 N–H and O–H groups in total. The third kappa shape index (κ3) is 5.06. The predicted octanol–water partition coefficient (Wildman–Crippen LogP) is 2.53. The first-order chi connectivity index (χ1) is 12.5. The highest BCUT2D eigenvalue weighted by Crippen LogP contribution is 2.17. The van der Waals surface area contributed by atoms with Gasteiger partial charge in [-0.25, -0.2) is 8.42 Å². The minimum atomic E-state index is -3.59. The molecule has 26 heavy (non-hydrogen) atoms. The van der Waals surface area contributed by atoms with E-state index >= 15 is 0 Å². The molecule has 0 heterocycles. The number of hydrogen-bond donors (Lipinski definition) is 1. The van der Waals surface area contributed by atoms with Crippen LogP contribution in [0.5, 0.6) is 5.75 Å². The number of benzene rings is 2. The molecule has 0 aliphatic heterocycles. The number of ether oxygens (including phenoxy) is 1. The van der Waals surface area contributed by atoms with Gasteiger partial charge in [-0.3, -0.25) is 4.79 Å². The highest BCUT2D eigenvalue weighted by Gasteiger charge is 2.22. The van der Waals surface area contributed by atoms with Crippen LogP contribution in [0.1, 0.15) is 24.2 Å². The van der Waals surface area contributed by atoms with Crippen molar-refractivity contribution >= 4 is 15.9 Å². The summed E-state index contributed by atoms with van der Waals surface area (Å²) in [6.45, 7) is 4.97. The Bertz CT molecular complexity index is 818. The Kier molecular flexibility index (Phi) is 7.17. The van der Waals surface area contributed by atoms with Crippen LogP contribution in [-0.4, -0.2) is 44.9 Å². The molecule has 0 aliphatic rings. The van der Waals surface area contributed by atoms with Crippen molar-refractivity contribution in [3.8, 4) is 5.75 Å². The van der Waals surface area contributed by atoms with Crippen LogP contribution in [0, 0.1) is 0 Å². The third-order valence-corrected chi connectivity index (χ3v) is 5.88. The fraction of sp³-hybridized carbons (Fsp3) is 0.316. The van der Waals surface area contributed by atoms with Crippen LogP contribution in [-0.2, 0) is 10.0 Å². The Morgan fingerprint density at radius 1 is 1.04 bits per heavy atom.